The Morgan fingerprint density at radius 1 is 1.27 bits per heavy atom. The number of halogens is 1. The van der Waals surface area contributed by atoms with E-state index in [0.29, 0.717) is 17.3 Å². The molecule has 0 aromatic heterocycles. The second-order valence-electron chi connectivity index (χ2n) is 7.16. The summed E-state index contributed by atoms with van der Waals surface area (Å²) in [5, 5.41) is 3.16. The molecule has 30 heavy (non-hydrogen) atoms. The lowest BCUT2D eigenvalue weighted by molar-refractivity contribution is -0.119. The number of carbonyl (C=O) groups is 1. The molecule has 1 aliphatic heterocycles. The second-order valence-corrected chi connectivity index (χ2v) is 9.50. The van der Waals surface area contributed by atoms with Crippen molar-refractivity contribution in [2.24, 2.45) is 0 Å². The summed E-state index contributed by atoms with van der Waals surface area (Å²) in [5.41, 5.74) is 2.83. The molecule has 0 saturated heterocycles. The molecule has 2 aromatic rings. The van der Waals surface area contributed by atoms with Crippen LogP contribution in [0.4, 0.5) is 11.4 Å². The quantitative estimate of drug-likeness (QED) is 0.593. The first kappa shape index (κ1) is 22.2. The molecule has 1 aliphatic rings. The third kappa shape index (κ3) is 5.37. The maximum atomic E-state index is 12.4. The number of amides is 1. The summed E-state index contributed by atoms with van der Waals surface area (Å²) in [6.07, 6.45) is 2.85. The van der Waals surface area contributed by atoms with E-state index in [1.165, 1.54) is 24.4 Å². The molecule has 0 aliphatic carbocycles. The number of methoxy groups -OCH3 is 1. The van der Waals surface area contributed by atoms with Crippen molar-refractivity contribution < 1.29 is 17.9 Å². The van der Waals surface area contributed by atoms with Crippen LogP contribution in [0.1, 0.15) is 12.0 Å². The van der Waals surface area contributed by atoms with Crippen molar-refractivity contribution in [3.63, 3.8) is 0 Å². The molecular weight excluding hydrogens is 426 g/mol. The molecule has 0 spiro atoms. The fourth-order valence-corrected chi connectivity index (χ4v) is 4.58. The number of nitrogens with one attached hydrogen (secondary N) is 1. The van der Waals surface area contributed by atoms with Gasteiger partial charge in [0.1, 0.15) is 12.3 Å². The minimum absolute atomic E-state index is 0.233. The van der Waals surface area contributed by atoms with Gasteiger partial charge < -0.3 is 15.0 Å². The molecule has 1 N–H and O–H groups in total. The van der Waals surface area contributed by atoms with E-state index in [-0.39, 0.29) is 18.1 Å². The summed E-state index contributed by atoms with van der Waals surface area (Å²) in [6, 6.07) is 13.0. The summed E-state index contributed by atoms with van der Waals surface area (Å²) in [6.45, 7) is 1.92. The first-order valence-electron chi connectivity index (χ1n) is 9.70. The van der Waals surface area contributed by atoms with E-state index in [1.54, 1.807) is 12.1 Å². The number of para-hydroxylation sites is 1. The van der Waals surface area contributed by atoms with Crippen molar-refractivity contribution in [3.05, 3.63) is 53.1 Å². The van der Waals surface area contributed by atoms with Crippen molar-refractivity contribution in [3.8, 4) is 5.75 Å². The molecule has 162 valence electrons. The molecule has 0 fully saturated rings. The van der Waals surface area contributed by atoms with Crippen LogP contribution >= 0.6 is 11.6 Å². The summed E-state index contributed by atoms with van der Waals surface area (Å²) in [4.78, 5) is 14.8. The van der Waals surface area contributed by atoms with Gasteiger partial charge in [0.25, 0.3) is 0 Å². The standard InChI is InChI=1S/C21H26ClN3O4S/c1-29-20-9-8-17(22)14-19(20)25(30(2,27)28)15-21(26)23-11-5-12-24-13-10-16-6-3-4-7-18(16)24/h3-4,6-9,14H,5,10-13,15H2,1-2H3,(H,23,26). The maximum Gasteiger partial charge on any atom is 0.240 e. The Kier molecular flexibility index (Phi) is 7.10. The van der Waals surface area contributed by atoms with Crippen LogP contribution in [-0.4, -0.2) is 53.9 Å². The van der Waals surface area contributed by atoms with E-state index >= 15 is 0 Å². The van der Waals surface area contributed by atoms with Crippen LogP contribution in [0.2, 0.25) is 5.02 Å². The lowest BCUT2D eigenvalue weighted by atomic mass is 10.2. The van der Waals surface area contributed by atoms with Crippen LogP contribution in [-0.2, 0) is 21.2 Å². The van der Waals surface area contributed by atoms with Crippen molar-refractivity contribution in [2.75, 3.05) is 48.7 Å². The molecule has 7 nitrogen and oxygen atoms in total. The van der Waals surface area contributed by atoms with E-state index in [2.05, 4.69) is 22.3 Å². The lowest BCUT2D eigenvalue weighted by Crippen LogP contribution is -2.41. The molecule has 0 unspecified atom stereocenters. The predicted octanol–water partition coefficient (Wildman–Crippen LogP) is 2.68. The lowest BCUT2D eigenvalue weighted by Gasteiger charge is -2.24. The summed E-state index contributed by atoms with van der Waals surface area (Å²) in [7, 11) is -2.28. The minimum atomic E-state index is -3.71. The molecule has 3 rings (SSSR count). The number of hydrogen-bond acceptors (Lipinski definition) is 5. The predicted molar refractivity (Wildman–Crippen MR) is 120 cm³/mol. The Labute approximate surface area is 182 Å². The fourth-order valence-electron chi connectivity index (χ4n) is 3.56. The summed E-state index contributed by atoms with van der Waals surface area (Å²) in [5.74, 6) is -0.0606. The summed E-state index contributed by atoms with van der Waals surface area (Å²) < 4.78 is 30.9. The van der Waals surface area contributed by atoms with Crippen molar-refractivity contribution in [2.45, 2.75) is 12.8 Å². The van der Waals surface area contributed by atoms with E-state index in [4.69, 9.17) is 16.3 Å². The Morgan fingerprint density at radius 3 is 2.77 bits per heavy atom. The number of sulfonamides is 1. The van der Waals surface area contributed by atoms with Crippen LogP contribution in [0.25, 0.3) is 0 Å². The van der Waals surface area contributed by atoms with Crippen molar-refractivity contribution in [1.29, 1.82) is 0 Å². The van der Waals surface area contributed by atoms with Crippen LogP contribution in [0.3, 0.4) is 0 Å². The van der Waals surface area contributed by atoms with Gasteiger partial charge in [-0.15, -0.1) is 0 Å². The van der Waals surface area contributed by atoms with Gasteiger partial charge in [0.15, 0.2) is 0 Å². The Balaban J connectivity index is 1.57. The van der Waals surface area contributed by atoms with Crippen molar-refractivity contribution >= 4 is 38.9 Å². The maximum absolute atomic E-state index is 12.4. The highest BCUT2D eigenvalue weighted by atomic mass is 35.5. The molecule has 0 radical (unpaired) electrons. The number of hydrogen-bond donors (Lipinski definition) is 1. The number of benzene rings is 2. The van der Waals surface area contributed by atoms with Crippen LogP contribution in [0.15, 0.2) is 42.5 Å². The van der Waals surface area contributed by atoms with Gasteiger partial charge in [0.2, 0.25) is 15.9 Å². The van der Waals surface area contributed by atoms with Crippen LogP contribution < -0.4 is 19.3 Å². The monoisotopic (exact) mass is 451 g/mol. The van der Waals surface area contributed by atoms with E-state index in [0.717, 1.165) is 36.5 Å². The largest absolute Gasteiger partial charge is 0.495 e. The Morgan fingerprint density at radius 2 is 2.03 bits per heavy atom. The zero-order valence-electron chi connectivity index (χ0n) is 17.1. The topological polar surface area (TPSA) is 79.0 Å². The van der Waals surface area contributed by atoms with Gasteiger partial charge in [-0.05, 0) is 42.7 Å². The smallest absolute Gasteiger partial charge is 0.240 e. The molecule has 0 atom stereocenters. The van der Waals surface area contributed by atoms with Gasteiger partial charge in [-0.3, -0.25) is 9.10 Å². The zero-order valence-corrected chi connectivity index (χ0v) is 18.7. The number of ether oxygens (including phenoxy) is 1. The Hall–Kier alpha value is -2.45. The Bertz CT molecular complexity index is 1010. The normalized spacial score (nSPS) is 13.1. The third-order valence-corrected chi connectivity index (χ3v) is 6.37. The van der Waals surface area contributed by atoms with Gasteiger partial charge in [-0.2, -0.15) is 0 Å². The highest BCUT2D eigenvalue weighted by Gasteiger charge is 2.24. The average molecular weight is 452 g/mol. The van der Waals surface area contributed by atoms with Gasteiger partial charge in [0, 0.05) is 30.3 Å². The van der Waals surface area contributed by atoms with Gasteiger partial charge in [0.05, 0.1) is 19.1 Å². The average Bonchev–Trinajstić information content (AvgIpc) is 3.12. The first-order chi connectivity index (χ1) is 14.3. The van der Waals surface area contributed by atoms with Gasteiger partial charge in [-0.1, -0.05) is 29.8 Å². The molecular formula is C21H26ClN3O4S. The number of anilines is 2. The second kappa shape index (κ2) is 9.57. The molecule has 2 aromatic carbocycles. The van der Waals surface area contributed by atoms with Gasteiger partial charge in [-0.25, -0.2) is 8.42 Å². The first-order valence-corrected chi connectivity index (χ1v) is 11.9. The van der Waals surface area contributed by atoms with Crippen LogP contribution in [0, 0.1) is 0 Å². The zero-order chi connectivity index (χ0) is 21.7. The third-order valence-electron chi connectivity index (χ3n) is 5.01. The van der Waals surface area contributed by atoms with Crippen LogP contribution in [0.5, 0.6) is 5.75 Å². The molecule has 0 saturated carbocycles. The summed E-state index contributed by atoms with van der Waals surface area (Å²) >= 11 is 6.02. The molecule has 1 amide bonds. The fraction of sp³-hybridized carbons (Fsp3) is 0.381. The number of carbonyl (C=O) groups excluding carboxylic acids is 1. The molecule has 1 heterocycles. The number of fused-ring (bicyclic) bond motifs is 1. The van der Waals surface area contributed by atoms with E-state index < -0.39 is 10.0 Å². The highest BCUT2D eigenvalue weighted by Crippen LogP contribution is 2.32. The SMILES string of the molecule is COc1ccc(Cl)cc1N(CC(=O)NCCCN1CCc2ccccc21)S(C)(=O)=O. The number of nitrogens with zero attached hydrogens (tertiary/aromatic N) is 2. The highest BCUT2D eigenvalue weighted by molar-refractivity contribution is 7.92. The van der Waals surface area contributed by atoms with E-state index in [9.17, 15) is 13.2 Å². The number of rotatable bonds is 9. The molecule has 0 bridgehead atoms. The van der Waals surface area contributed by atoms with Gasteiger partial charge >= 0.3 is 0 Å². The van der Waals surface area contributed by atoms with Crippen molar-refractivity contribution in [1.82, 2.24) is 5.32 Å². The van der Waals surface area contributed by atoms with E-state index in [1.807, 2.05) is 12.1 Å². The molecule has 9 heteroatoms. The minimum Gasteiger partial charge on any atom is -0.495 e.